The summed E-state index contributed by atoms with van der Waals surface area (Å²) in [7, 11) is -6.94. The summed E-state index contributed by atoms with van der Waals surface area (Å²) in [6.45, 7) is 0. The van der Waals surface area contributed by atoms with Crippen LogP contribution in [0.1, 0.15) is 28.7 Å². The average Bonchev–Trinajstić information content (AvgIpc) is 0.723. The lowest BCUT2D eigenvalue weighted by Crippen LogP contribution is -2.69. The zero-order valence-electron chi connectivity index (χ0n) is 47.9. The first kappa shape index (κ1) is 91.5. The zero-order chi connectivity index (χ0) is 83.2. The molecule has 0 nitrogen and oxygen atoms in total. The van der Waals surface area contributed by atoms with Crippen molar-refractivity contribution in [1.29, 1.82) is 0 Å². The van der Waals surface area contributed by atoms with Crippen molar-refractivity contribution < 1.29 is 228 Å². The molecule has 0 N–H and O–H groups in total. The smallest absolute Gasteiger partial charge is 0.194 e. The Morgan fingerprint density at radius 1 is 0.152 bits per heavy atom. The predicted octanol–water partition coefficient (Wildman–Crippen LogP) is 22.4. The van der Waals surface area contributed by atoms with Gasteiger partial charge in [0.05, 0.1) is 0 Å². The van der Waals surface area contributed by atoms with Gasteiger partial charge < -0.3 is 0 Å². The summed E-state index contributed by atoms with van der Waals surface area (Å²) in [4.78, 5) is 0. The van der Waals surface area contributed by atoms with Crippen molar-refractivity contribution in [2.24, 2.45) is 0 Å². The van der Waals surface area contributed by atoms with Crippen molar-refractivity contribution >= 4 is 37.1 Å². The van der Waals surface area contributed by atoms with Crippen LogP contribution in [0.5, 0.6) is 0 Å². The molecule has 0 saturated heterocycles. The van der Waals surface area contributed by atoms with Gasteiger partial charge in [-0.1, -0.05) is 97.1 Å². The topological polar surface area (TPSA) is 0 Å². The van der Waals surface area contributed by atoms with Gasteiger partial charge in [0.1, 0.15) is 0 Å². The fraction of sp³-hybridized carbons (Fsp3) is 0.529. The maximum Gasteiger partial charge on any atom is 0.460 e. The Labute approximate surface area is 546 Å². The van der Waals surface area contributed by atoms with E-state index in [2.05, 4.69) is 0 Å². The molecule has 0 atom stereocenters. The first-order valence-corrected chi connectivity index (χ1v) is 28.7. The maximum absolute atomic E-state index is 15.3. The second-order valence-electron chi connectivity index (χ2n) is 21.3. The van der Waals surface area contributed by atoms with Crippen LogP contribution in [0.2, 0.25) is 0 Å². The summed E-state index contributed by atoms with van der Waals surface area (Å²) in [5, 5.41) is -4.80. The number of hydrogen-bond acceptors (Lipinski definition) is 0. The third kappa shape index (κ3) is 13.4. The molecular formula is C51H22F52P2. The standard InChI is InChI=1S/C51H22F52P2/c52-28(53,32(60,61)36(68,69)40(76,77)44(84,85)48(92,93)94)20-2-10-24(11-3-20)104(25-12-4-21(5-13-25)29(54,55)33(62,63)37(70,71)41(78,79)45(86,87)49(95,96)97)18-1-19-105(26-14-6-22(7-15-26)30(56,57)34(64,65)38(72,73)42(80,81)46(88,89)50(98,99)100)27-16-8-23(9-17-27)31(58,59)35(66,67)39(74,75)43(82,83)47(90,91)51(101,102)103/h2-17H,1,18-19H2. The molecular weight excluding hydrogens is 1660 g/mol. The zero-order valence-corrected chi connectivity index (χ0v) is 49.7. The molecule has 0 aliphatic carbocycles. The van der Waals surface area contributed by atoms with Crippen LogP contribution in [0.4, 0.5) is 228 Å². The highest BCUT2D eigenvalue weighted by Crippen LogP contribution is 2.68. The van der Waals surface area contributed by atoms with E-state index in [4.69, 9.17) is 0 Å². The van der Waals surface area contributed by atoms with Crippen molar-refractivity contribution in [3.63, 3.8) is 0 Å². The lowest BCUT2D eigenvalue weighted by Gasteiger charge is -2.40. The highest BCUT2D eigenvalue weighted by molar-refractivity contribution is 7.74. The Hall–Kier alpha value is -5.90. The molecule has 600 valence electrons. The van der Waals surface area contributed by atoms with Crippen LogP contribution in [0.25, 0.3) is 0 Å². The maximum atomic E-state index is 15.3. The molecule has 0 radical (unpaired) electrons. The van der Waals surface area contributed by atoms with Gasteiger partial charge in [0.2, 0.25) is 0 Å². The molecule has 0 fully saturated rings. The third-order valence-corrected chi connectivity index (χ3v) is 19.9. The fourth-order valence-electron chi connectivity index (χ4n) is 8.41. The van der Waals surface area contributed by atoms with Gasteiger partial charge in [-0.3, -0.25) is 0 Å². The highest BCUT2D eigenvalue weighted by atomic mass is 31.1. The molecule has 4 aromatic rings. The van der Waals surface area contributed by atoms with Gasteiger partial charge in [-0.25, -0.2) is 0 Å². The van der Waals surface area contributed by atoms with E-state index in [0.717, 1.165) is 0 Å². The number of benzene rings is 4. The molecule has 0 spiro atoms. The van der Waals surface area contributed by atoms with Crippen LogP contribution >= 0.6 is 15.8 Å². The van der Waals surface area contributed by atoms with E-state index in [9.17, 15) is 193 Å². The van der Waals surface area contributed by atoms with Crippen molar-refractivity contribution in [2.75, 3.05) is 12.3 Å². The summed E-state index contributed by atoms with van der Waals surface area (Å²) in [5.74, 6) is -164. The first-order chi connectivity index (χ1) is 45.8. The largest absolute Gasteiger partial charge is 0.460 e. The molecule has 4 aromatic carbocycles. The molecule has 0 aromatic heterocycles. The highest BCUT2D eigenvalue weighted by Gasteiger charge is 2.95. The van der Waals surface area contributed by atoms with Crippen molar-refractivity contribution in [2.45, 2.75) is 150 Å². The summed E-state index contributed by atoms with van der Waals surface area (Å²) >= 11 is 0. The molecule has 0 unspecified atom stereocenters. The van der Waals surface area contributed by atoms with E-state index in [1.165, 1.54) is 0 Å². The second kappa shape index (κ2) is 26.4. The van der Waals surface area contributed by atoms with Gasteiger partial charge >= 0.3 is 143 Å². The lowest BCUT2D eigenvalue weighted by atomic mass is 9.90. The van der Waals surface area contributed by atoms with Crippen LogP contribution < -0.4 is 21.2 Å². The van der Waals surface area contributed by atoms with Gasteiger partial charge in [-0.2, -0.15) is 228 Å². The van der Waals surface area contributed by atoms with E-state index in [1.54, 1.807) is 0 Å². The number of alkyl halides is 52. The van der Waals surface area contributed by atoms with Crippen molar-refractivity contribution in [3.05, 3.63) is 119 Å². The minimum atomic E-state index is -8.60. The fourth-order valence-corrected chi connectivity index (χ4v) is 13.3. The monoisotopic (exact) mass is 1680 g/mol. The van der Waals surface area contributed by atoms with Crippen molar-refractivity contribution in [3.8, 4) is 0 Å². The normalized spacial score (nSPS) is 15.9. The Morgan fingerprint density at radius 3 is 0.381 bits per heavy atom. The summed E-state index contributed by atoms with van der Waals surface area (Å²) in [6, 6.07) is -8.27. The van der Waals surface area contributed by atoms with E-state index in [0.29, 0.717) is 0 Å². The average molecular weight is 1680 g/mol. The van der Waals surface area contributed by atoms with Gasteiger partial charge in [0.15, 0.2) is 0 Å². The van der Waals surface area contributed by atoms with Gasteiger partial charge in [0, 0.05) is 22.3 Å². The number of rotatable bonds is 28. The van der Waals surface area contributed by atoms with E-state index in [-0.39, 0.29) is 48.5 Å². The summed E-state index contributed by atoms with van der Waals surface area (Å²) in [5.41, 5.74) is -11.8. The third-order valence-electron chi connectivity index (χ3n) is 14.7. The van der Waals surface area contributed by atoms with Gasteiger partial charge in [-0.05, 0) is 55.8 Å². The molecule has 54 heteroatoms. The molecule has 105 heavy (non-hydrogen) atoms. The summed E-state index contributed by atoms with van der Waals surface area (Å²) < 4.78 is 730. The molecule has 0 bridgehead atoms. The van der Waals surface area contributed by atoms with E-state index in [1.807, 2.05) is 0 Å². The molecule has 0 saturated carbocycles. The predicted molar refractivity (Wildman–Crippen MR) is 251 cm³/mol. The van der Waals surface area contributed by atoms with Crippen LogP contribution in [0.3, 0.4) is 0 Å². The molecule has 0 amide bonds. The number of halogens is 52. The van der Waals surface area contributed by atoms with Gasteiger partial charge in [-0.15, -0.1) is 0 Å². The van der Waals surface area contributed by atoms with Crippen LogP contribution in [0, 0.1) is 0 Å². The van der Waals surface area contributed by atoms with E-state index >= 15 is 35.1 Å². The number of hydrogen-bond donors (Lipinski definition) is 0. The Bertz CT molecular complexity index is 3190. The summed E-state index contributed by atoms with van der Waals surface area (Å²) in [6.07, 6.45) is -36.1. The SMILES string of the molecule is FC(F)(F)C(F)(F)C(F)(F)C(F)(F)C(F)(F)C(F)(F)c1ccc(P(CCCP(c2ccc(C(F)(F)C(F)(F)C(F)(F)C(F)(F)C(F)(F)C(F)(F)F)cc2)c2ccc(C(F)(F)C(F)(F)C(F)(F)C(F)(F)C(F)(F)C(F)(F)F)cc2)c2ccc(C(F)(F)C(F)(F)C(F)(F)C(F)(F)C(F)(F)C(F)(F)F)cc2)cc1. The first-order valence-electron chi connectivity index (χ1n) is 25.6. The second-order valence-corrected chi connectivity index (χ2v) is 26.0. The van der Waals surface area contributed by atoms with E-state index < -0.39 is 270 Å². The Morgan fingerprint density at radius 2 is 0.267 bits per heavy atom. The Balaban J connectivity index is 2.06. The molecule has 4 rings (SSSR count). The minimum absolute atomic E-state index is 0.273. The lowest BCUT2D eigenvalue weighted by molar-refractivity contribution is -0.441. The van der Waals surface area contributed by atoms with Crippen LogP contribution in [0.15, 0.2) is 97.1 Å². The van der Waals surface area contributed by atoms with Crippen LogP contribution in [-0.2, 0) is 23.7 Å². The quantitative estimate of drug-likeness (QED) is 0.0393. The molecule has 0 heterocycles. The molecule has 0 aliphatic rings. The minimum Gasteiger partial charge on any atom is -0.194 e. The molecule has 0 aliphatic heterocycles. The van der Waals surface area contributed by atoms with Crippen LogP contribution in [-0.4, -0.2) is 132 Å². The Kier molecular flexibility index (Phi) is 23.0. The van der Waals surface area contributed by atoms with Gasteiger partial charge in [0.25, 0.3) is 0 Å². The van der Waals surface area contributed by atoms with Crippen molar-refractivity contribution in [1.82, 2.24) is 0 Å².